The van der Waals surface area contributed by atoms with Gasteiger partial charge in [0.2, 0.25) is 0 Å². The zero-order chi connectivity index (χ0) is 13.5. The van der Waals surface area contributed by atoms with Crippen LogP contribution in [0.25, 0.3) is 0 Å². The van der Waals surface area contributed by atoms with Crippen molar-refractivity contribution in [2.24, 2.45) is 5.92 Å². The second-order valence-electron chi connectivity index (χ2n) is 4.60. The molecule has 0 heterocycles. The zero-order valence-corrected chi connectivity index (χ0v) is 12.9. The molecule has 0 aromatic carbocycles. The van der Waals surface area contributed by atoms with E-state index in [-0.39, 0.29) is 41.0 Å². The average Bonchev–Trinajstić information content (AvgIpc) is 2.34. The molecule has 1 aliphatic carbocycles. The highest BCUT2D eigenvalue weighted by molar-refractivity contribution is 14.1. The number of carbonyl (C=O) groups is 2. The number of hydrogen-bond acceptors (Lipinski definition) is 4. The first-order valence-corrected chi connectivity index (χ1v) is 7.57. The molecule has 3 unspecified atom stereocenters. The minimum absolute atomic E-state index is 0.0852. The number of esters is 2. The summed E-state index contributed by atoms with van der Waals surface area (Å²) in [6.45, 7) is 2.02. The molecule has 6 heteroatoms. The lowest BCUT2D eigenvalue weighted by molar-refractivity contribution is -0.435. The fraction of sp³-hybridized carbons (Fsp3) is 0.833. The molecule has 3 N–H and O–H groups in total. The predicted octanol–water partition coefficient (Wildman–Crippen LogP) is 0.697. The Morgan fingerprint density at radius 1 is 1.28 bits per heavy atom. The van der Waals surface area contributed by atoms with Gasteiger partial charge in [-0.25, -0.2) is 0 Å². The van der Waals surface area contributed by atoms with E-state index >= 15 is 0 Å². The van der Waals surface area contributed by atoms with Crippen molar-refractivity contribution in [1.82, 2.24) is 0 Å². The Bertz CT molecular complexity index is 296. The normalized spacial score (nSPS) is 25.3. The number of carbonyl (C=O) groups excluding carboxylic acids is 2. The monoisotopic (exact) mass is 370 g/mol. The lowest BCUT2D eigenvalue weighted by Gasteiger charge is -2.23. The van der Waals surface area contributed by atoms with Crippen LogP contribution in [0.1, 0.15) is 32.6 Å². The molecular weight excluding hydrogens is 349 g/mol. The van der Waals surface area contributed by atoms with Crippen LogP contribution in [-0.2, 0) is 19.1 Å². The molecule has 0 amide bonds. The van der Waals surface area contributed by atoms with Crippen molar-refractivity contribution in [3.8, 4) is 0 Å². The Morgan fingerprint density at radius 2 is 1.89 bits per heavy atom. The molecule has 0 bridgehead atoms. The van der Waals surface area contributed by atoms with Crippen molar-refractivity contribution in [2.45, 2.75) is 42.6 Å². The minimum atomic E-state index is -0.278. The van der Waals surface area contributed by atoms with E-state index in [2.05, 4.69) is 5.73 Å². The molecular formula is C12H21INO4+. The Labute approximate surface area is 121 Å². The number of alkyl halides is 1. The van der Waals surface area contributed by atoms with Gasteiger partial charge < -0.3 is 15.2 Å². The van der Waals surface area contributed by atoms with Crippen LogP contribution in [0.5, 0.6) is 0 Å². The van der Waals surface area contributed by atoms with Gasteiger partial charge in [-0.2, -0.15) is 0 Å². The Balaban J connectivity index is 2.18. The lowest BCUT2D eigenvalue weighted by Crippen LogP contribution is -2.66. The highest BCUT2D eigenvalue weighted by Gasteiger charge is 2.32. The smallest absolute Gasteiger partial charge is 0.318 e. The quantitative estimate of drug-likeness (QED) is 0.334. The summed E-state index contributed by atoms with van der Waals surface area (Å²) in [6, 6.07) is 0.156. The third-order valence-corrected chi connectivity index (χ3v) is 3.62. The van der Waals surface area contributed by atoms with Crippen LogP contribution in [-0.4, -0.2) is 35.1 Å². The fourth-order valence-corrected chi connectivity index (χ4v) is 2.20. The van der Waals surface area contributed by atoms with Crippen molar-refractivity contribution in [1.29, 1.82) is 0 Å². The summed E-state index contributed by atoms with van der Waals surface area (Å²) >= 11 is 1.98. The molecule has 5 nitrogen and oxygen atoms in total. The van der Waals surface area contributed by atoms with Gasteiger partial charge in [0.05, 0.1) is 6.04 Å². The maximum absolute atomic E-state index is 11.8. The first kappa shape index (κ1) is 15.7. The molecule has 0 spiro atoms. The van der Waals surface area contributed by atoms with E-state index in [1.807, 2.05) is 22.6 Å². The van der Waals surface area contributed by atoms with E-state index in [4.69, 9.17) is 9.47 Å². The van der Waals surface area contributed by atoms with Crippen molar-refractivity contribution in [3.63, 3.8) is 0 Å². The molecule has 0 aromatic rings. The predicted molar refractivity (Wildman–Crippen MR) is 74.0 cm³/mol. The van der Waals surface area contributed by atoms with Gasteiger partial charge in [0.1, 0.15) is 23.1 Å². The zero-order valence-electron chi connectivity index (χ0n) is 10.7. The molecule has 104 valence electrons. The first-order valence-electron chi connectivity index (χ1n) is 6.32. The molecule has 0 aliphatic heterocycles. The fourth-order valence-electron chi connectivity index (χ4n) is 2.02. The molecule has 18 heavy (non-hydrogen) atoms. The van der Waals surface area contributed by atoms with Crippen LogP contribution < -0.4 is 5.73 Å². The van der Waals surface area contributed by atoms with E-state index in [1.165, 1.54) is 0 Å². The van der Waals surface area contributed by atoms with Gasteiger partial charge in [0, 0.05) is 6.42 Å². The SMILES string of the molecule is CC(I)C(=O)OCCOC(=O)C1CCCCC1[NH3+]. The van der Waals surface area contributed by atoms with Crippen molar-refractivity contribution in [3.05, 3.63) is 0 Å². The third kappa shape index (κ3) is 5.09. The van der Waals surface area contributed by atoms with Gasteiger partial charge in [-0.05, 0) is 19.8 Å². The third-order valence-electron chi connectivity index (χ3n) is 3.11. The molecule has 1 fully saturated rings. The van der Waals surface area contributed by atoms with Crippen LogP contribution >= 0.6 is 22.6 Å². The highest BCUT2D eigenvalue weighted by atomic mass is 127. The van der Waals surface area contributed by atoms with Gasteiger partial charge >= 0.3 is 11.9 Å². The van der Waals surface area contributed by atoms with E-state index < -0.39 is 0 Å². The Morgan fingerprint density at radius 3 is 2.50 bits per heavy atom. The van der Waals surface area contributed by atoms with Crippen LogP contribution in [0.2, 0.25) is 0 Å². The highest BCUT2D eigenvalue weighted by Crippen LogP contribution is 2.22. The first-order chi connectivity index (χ1) is 8.52. The van der Waals surface area contributed by atoms with Gasteiger partial charge in [-0.15, -0.1) is 0 Å². The van der Waals surface area contributed by atoms with E-state index in [0.29, 0.717) is 0 Å². The summed E-state index contributed by atoms with van der Waals surface area (Å²) in [5, 5.41) is 0. The van der Waals surface area contributed by atoms with Crippen LogP contribution in [0.4, 0.5) is 0 Å². The molecule has 3 atom stereocenters. The summed E-state index contributed by atoms with van der Waals surface area (Å²) in [4.78, 5) is 22.9. The Hall–Kier alpha value is -0.370. The van der Waals surface area contributed by atoms with Crippen LogP contribution in [0, 0.1) is 5.92 Å². The van der Waals surface area contributed by atoms with Gasteiger partial charge in [0.25, 0.3) is 0 Å². The summed E-state index contributed by atoms with van der Waals surface area (Å²) in [5.74, 6) is -0.564. The average molecular weight is 370 g/mol. The second-order valence-corrected chi connectivity index (χ2v) is 6.47. The summed E-state index contributed by atoms with van der Waals surface area (Å²) in [7, 11) is 0. The van der Waals surface area contributed by atoms with E-state index in [0.717, 1.165) is 25.7 Å². The molecule has 1 rings (SSSR count). The minimum Gasteiger partial charge on any atom is -0.462 e. The number of ether oxygens (including phenoxy) is 2. The molecule has 1 saturated carbocycles. The Kier molecular flexibility index (Phi) is 6.91. The molecule has 0 saturated heterocycles. The summed E-state index contributed by atoms with van der Waals surface area (Å²) in [6.07, 6.45) is 4.05. The van der Waals surface area contributed by atoms with Gasteiger partial charge in [0.15, 0.2) is 0 Å². The van der Waals surface area contributed by atoms with Crippen LogP contribution in [0.3, 0.4) is 0 Å². The van der Waals surface area contributed by atoms with E-state index in [1.54, 1.807) is 6.92 Å². The maximum Gasteiger partial charge on any atom is 0.318 e. The van der Waals surface area contributed by atoms with Gasteiger partial charge in [-0.3, -0.25) is 9.59 Å². The maximum atomic E-state index is 11.8. The molecule has 0 radical (unpaired) electrons. The van der Waals surface area contributed by atoms with Gasteiger partial charge in [-0.1, -0.05) is 29.0 Å². The number of rotatable bonds is 5. The second kappa shape index (κ2) is 7.93. The van der Waals surface area contributed by atoms with E-state index in [9.17, 15) is 9.59 Å². The van der Waals surface area contributed by atoms with Crippen molar-refractivity contribution >= 4 is 34.5 Å². The number of quaternary nitrogens is 1. The molecule has 1 aliphatic rings. The van der Waals surface area contributed by atoms with Crippen molar-refractivity contribution < 1.29 is 24.8 Å². The lowest BCUT2D eigenvalue weighted by atomic mass is 9.85. The largest absolute Gasteiger partial charge is 0.462 e. The van der Waals surface area contributed by atoms with Crippen LogP contribution in [0.15, 0.2) is 0 Å². The topological polar surface area (TPSA) is 80.2 Å². The molecule has 0 aromatic heterocycles. The summed E-state index contributed by atoms with van der Waals surface area (Å²) in [5.41, 5.74) is 3.99. The number of halogens is 1. The van der Waals surface area contributed by atoms with Crippen molar-refractivity contribution in [2.75, 3.05) is 13.2 Å². The summed E-state index contributed by atoms with van der Waals surface area (Å²) < 4.78 is 9.87. The standard InChI is InChI=1S/C12H20INO4/c1-8(13)11(15)17-6-7-18-12(16)9-4-2-3-5-10(9)14/h8-10H,2-7,14H2,1H3/p+1. The number of hydrogen-bond donors (Lipinski definition) is 1.